The monoisotopic (exact) mass is 272 g/mol. The fourth-order valence-electron chi connectivity index (χ4n) is 2.78. The Labute approximate surface area is 113 Å². The van der Waals surface area contributed by atoms with E-state index in [4.69, 9.17) is 10.2 Å². The first-order chi connectivity index (χ1) is 8.99. The molecular formula is C13H24N2O4. The van der Waals surface area contributed by atoms with Crippen molar-refractivity contribution in [2.75, 3.05) is 6.61 Å². The quantitative estimate of drug-likeness (QED) is 0.578. The molecule has 0 aromatic rings. The van der Waals surface area contributed by atoms with Crippen molar-refractivity contribution in [3.8, 4) is 0 Å². The molecule has 0 saturated heterocycles. The predicted octanol–water partition coefficient (Wildman–Crippen LogP) is 0.946. The van der Waals surface area contributed by atoms with E-state index >= 15 is 0 Å². The number of hydrogen-bond donors (Lipinski definition) is 4. The zero-order valence-corrected chi connectivity index (χ0v) is 11.6. The molecule has 4 N–H and O–H groups in total. The third-order valence-corrected chi connectivity index (χ3v) is 4.09. The Morgan fingerprint density at radius 1 is 1.37 bits per heavy atom. The van der Waals surface area contributed by atoms with E-state index in [-0.39, 0.29) is 19.1 Å². The van der Waals surface area contributed by atoms with Crippen LogP contribution in [0.3, 0.4) is 0 Å². The molecule has 6 nitrogen and oxygen atoms in total. The maximum atomic E-state index is 11.8. The van der Waals surface area contributed by atoms with Crippen LogP contribution in [0.4, 0.5) is 4.79 Å². The molecule has 0 aromatic carbocycles. The number of carboxylic acids is 1. The highest BCUT2D eigenvalue weighted by Gasteiger charge is 2.33. The van der Waals surface area contributed by atoms with Gasteiger partial charge < -0.3 is 20.8 Å². The van der Waals surface area contributed by atoms with Gasteiger partial charge in [0.1, 0.15) is 6.04 Å². The van der Waals surface area contributed by atoms with Gasteiger partial charge in [-0.3, -0.25) is 0 Å². The summed E-state index contributed by atoms with van der Waals surface area (Å²) in [6, 6.07) is -1.40. The Balaban J connectivity index is 2.44. The highest BCUT2D eigenvalue weighted by atomic mass is 16.4. The van der Waals surface area contributed by atoms with Crippen molar-refractivity contribution in [3.63, 3.8) is 0 Å². The van der Waals surface area contributed by atoms with Crippen LogP contribution in [0.1, 0.15) is 39.5 Å². The Morgan fingerprint density at radius 3 is 2.53 bits per heavy atom. The molecule has 1 rings (SSSR count). The number of carboxylic acid groups (broad SMARTS) is 1. The molecule has 1 fully saturated rings. The van der Waals surface area contributed by atoms with Gasteiger partial charge in [0, 0.05) is 19.1 Å². The highest BCUT2D eigenvalue weighted by Crippen LogP contribution is 2.33. The second-order valence-corrected chi connectivity index (χ2v) is 5.23. The average molecular weight is 272 g/mol. The summed E-state index contributed by atoms with van der Waals surface area (Å²) >= 11 is 0. The van der Waals surface area contributed by atoms with E-state index < -0.39 is 18.0 Å². The summed E-state index contributed by atoms with van der Waals surface area (Å²) < 4.78 is 0. The Hall–Kier alpha value is -1.30. The summed E-state index contributed by atoms with van der Waals surface area (Å²) in [5, 5.41) is 22.9. The van der Waals surface area contributed by atoms with Crippen LogP contribution < -0.4 is 10.6 Å². The van der Waals surface area contributed by atoms with Gasteiger partial charge in [0.05, 0.1) is 0 Å². The van der Waals surface area contributed by atoms with Gasteiger partial charge >= 0.3 is 12.0 Å². The number of carbonyl (C=O) groups excluding carboxylic acids is 1. The van der Waals surface area contributed by atoms with Crippen LogP contribution in [0.25, 0.3) is 0 Å². The first-order valence-electron chi connectivity index (χ1n) is 6.90. The van der Waals surface area contributed by atoms with Crippen LogP contribution in [-0.2, 0) is 4.79 Å². The molecule has 0 heterocycles. The zero-order valence-electron chi connectivity index (χ0n) is 11.6. The van der Waals surface area contributed by atoms with E-state index in [1.54, 1.807) is 0 Å². The van der Waals surface area contributed by atoms with Crippen molar-refractivity contribution < 1.29 is 19.8 Å². The molecule has 2 amide bonds. The van der Waals surface area contributed by atoms with Gasteiger partial charge in [0.15, 0.2) is 0 Å². The van der Waals surface area contributed by atoms with Crippen molar-refractivity contribution >= 4 is 12.0 Å². The summed E-state index contributed by atoms with van der Waals surface area (Å²) in [7, 11) is 0. The van der Waals surface area contributed by atoms with E-state index in [0.717, 1.165) is 19.3 Å². The first-order valence-corrected chi connectivity index (χ1v) is 6.90. The predicted molar refractivity (Wildman–Crippen MR) is 70.8 cm³/mol. The van der Waals surface area contributed by atoms with Crippen molar-refractivity contribution in [2.45, 2.75) is 51.6 Å². The topological polar surface area (TPSA) is 98.7 Å². The molecule has 1 aliphatic carbocycles. The van der Waals surface area contributed by atoms with Gasteiger partial charge in [-0.15, -0.1) is 0 Å². The summed E-state index contributed by atoms with van der Waals surface area (Å²) in [6.45, 7) is 3.99. The van der Waals surface area contributed by atoms with Crippen LogP contribution in [0, 0.1) is 11.8 Å². The summed E-state index contributed by atoms with van der Waals surface area (Å²) in [6.07, 6.45) is 3.15. The summed E-state index contributed by atoms with van der Waals surface area (Å²) in [5.74, 6) is -0.0926. The van der Waals surface area contributed by atoms with Crippen LogP contribution in [0.2, 0.25) is 0 Å². The molecule has 1 saturated carbocycles. The average Bonchev–Trinajstić information content (AvgIpc) is 2.69. The lowest BCUT2D eigenvalue weighted by Gasteiger charge is -2.22. The number of aliphatic carboxylic acids is 1. The van der Waals surface area contributed by atoms with Crippen molar-refractivity contribution in [1.29, 1.82) is 0 Å². The van der Waals surface area contributed by atoms with Crippen LogP contribution in [0.15, 0.2) is 0 Å². The van der Waals surface area contributed by atoms with E-state index in [9.17, 15) is 9.59 Å². The van der Waals surface area contributed by atoms with Crippen molar-refractivity contribution in [2.24, 2.45) is 11.8 Å². The molecule has 0 bridgehead atoms. The van der Waals surface area contributed by atoms with Crippen molar-refractivity contribution in [1.82, 2.24) is 10.6 Å². The van der Waals surface area contributed by atoms with Crippen molar-refractivity contribution in [3.05, 3.63) is 0 Å². The van der Waals surface area contributed by atoms with Crippen LogP contribution in [0.5, 0.6) is 0 Å². The van der Waals surface area contributed by atoms with Crippen LogP contribution >= 0.6 is 0 Å². The van der Waals surface area contributed by atoms with E-state index in [2.05, 4.69) is 24.5 Å². The lowest BCUT2D eigenvalue weighted by atomic mass is 9.93. The number of aliphatic hydroxyl groups is 1. The Kier molecular flexibility index (Phi) is 6.08. The number of carbonyl (C=O) groups is 2. The molecular weight excluding hydrogens is 248 g/mol. The fraction of sp³-hybridized carbons (Fsp3) is 0.846. The number of amides is 2. The maximum Gasteiger partial charge on any atom is 0.326 e. The highest BCUT2D eigenvalue weighted by molar-refractivity contribution is 5.82. The fourth-order valence-corrected chi connectivity index (χ4v) is 2.78. The van der Waals surface area contributed by atoms with Gasteiger partial charge in [-0.05, 0) is 24.7 Å². The standard InChI is InChI=1S/C13H24N2O4/c1-3-9-4-5-10(8(9)2)14-13(19)15-11(6-7-16)12(17)18/h8-11,16H,3-7H2,1-2H3,(H,17,18)(H2,14,15,19)/t8?,9?,10?,11-/m1/s1. The lowest BCUT2D eigenvalue weighted by molar-refractivity contribution is -0.139. The molecule has 110 valence electrons. The molecule has 19 heavy (non-hydrogen) atoms. The molecule has 1 aliphatic rings. The van der Waals surface area contributed by atoms with Gasteiger partial charge in [-0.25, -0.2) is 9.59 Å². The Bertz CT molecular complexity index is 322. The number of hydrogen-bond acceptors (Lipinski definition) is 3. The summed E-state index contributed by atoms with van der Waals surface area (Å²) in [5.41, 5.74) is 0. The molecule has 4 atom stereocenters. The van der Waals surface area contributed by atoms with Gasteiger partial charge in [-0.1, -0.05) is 20.3 Å². The van der Waals surface area contributed by atoms with Gasteiger partial charge in [0.2, 0.25) is 0 Å². The lowest BCUT2D eigenvalue weighted by Crippen LogP contribution is -2.50. The molecule has 0 spiro atoms. The van der Waals surface area contributed by atoms with Crippen LogP contribution in [-0.4, -0.2) is 40.9 Å². The smallest absolute Gasteiger partial charge is 0.326 e. The van der Waals surface area contributed by atoms with Gasteiger partial charge in [0.25, 0.3) is 0 Å². The minimum Gasteiger partial charge on any atom is -0.480 e. The molecule has 6 heteroatoms. The largest absolute Gasteiger partial charge is 0.480 e. The Morgan fingerprint density at radius 2 is 2.05 bits per heavy atom. The number of rotatable bonds is 6. The molecule has 0 aliphatic heterocycles. The third kappa shape index (κ3) is 4.38. The zero-order chi connectivity index (χ0) is 14.4. The SMILES string of the molecule is CCC1CCC(NC(=O)N[C@H](CCO)C(=O)O)C1C. The second kappa shape index (κ2) is 7.33. The minimum atomic E-state index is -1.13. The second-order valence-electron chi connectivity index (χ2n) is 5.23. The maximum absolute atomic E-state index is 11.8. The first kappa shape index (κ1) is 15.8. The molecule has 3 unspecified atom stereocenters. The number of urea groups is 1. The van der Waals surface area contributed by atoms with E-state index in [1.807, 2.05) is 0 Å². The molecule has 0 radical (unpaired) electrons. The third-order valence-electron chi connectivity index (χ3n) is 4.09. The van der Waals surface area contributed by atoms with Gasteiger partial charge in [-0.2, -0.15) is 0 Å². The normalized spacial score (nSPS) is 27.8. The van der Waals surface area contributed by atoms with E-state index in [0.29, 0.717) is 11.8 Å². The minimum absolute atomic E-state index is 0.0144. The number of nitrogens with one attached hydrogen (secondary N) is 2. The summed E-state index contributed by atoms with van der Waals surface area (Å²) in [4.78, 5) is 22.6. The molecule has 0 aromatic heterocycles. The number of aliphatic hydroxyl groups excluding tert-OH is 1. The van der Waals surface area contributed by atoms with E-state index in [1.165, 1.54) is 0 Å².